The van der Waals surface area contributed by atoms with E-state index in [0.717, 1.165) is 17.9 Å². The van der Waals surface area contributed by atoms with E-state index < -0.39 is 0 Å². The van der Waals surface area contributed by atoms with Gasteiger partial charge in [-0.05, 0) is 25.2 Å². The average Bonchev–Trinajstić information content (AvgIpc) is 3.21. The summed E-state index contributed by atoms with van der Waals surface area (Å²) in [4.78, 5) is 8.81. The zero-order chi connectivity index (χ0) is 17.4. The molecule has 2 aromatic heterocycles. The first-order chi connectivity index (χ1) is 12.1. The molecule has 2 aromatic rings. The number of aromatic nitrogens is 4. The fraction of sp³-hybridized carbons (Fsp3) is 0.611. The van der Waals surface area contributed by atoms with Gasteiger partial charge in [0.05, 0.1) is 12.4 Å². The first-order valence-corrected chi connectivity index (χ1v) is 9.15. The first kappa shape index (κ1) is 16.3. The van der Waals surface area contributed by atoms with Crippen LogP contribution in [0.2, 0.25) is 0 Å². The van der Waals surface area contributed by atoms with Crippen molar-refractivity contribution in [2.24, 2.45) is 5.92 Å². The SMILES string of the molecule is CC(C)c1cc(Nc2cncc(O[C@H]3C[C@@H]4CC[C@@H](N4)[C@H]3C)n2)n[nH]1. The van der Waals surface area contributed by atoms with Gasteiger partial charge in [-0.25, -0.2) is 0 Å². The number of aromatic amines is 1. The van der Waals surface area contributed by atoms with E-state index in [1.807, 2.05) is 6.07 Å². The summed E-state index contributed by atoms with van der Waals surface area (Å²) in [6.45, 7) is 6.51. The van der Waals surface area contributed by atoms with Crippen molar-refractivity contribution < 1.29 is 4.74 Å². The van der Waals surface area contributed by atoms with Crippen LogP contribution < -0.4 is 15.4 Å². The predicted octanol–water partition coefficient (Wildman–Crippen LogP) is 2.97. The summed E-state index contributed by atoms with van der Waals surface area (Å²) in [5.41, 5.74) is 1.09. The van der Waals surface area contributed by atoms with Crippen molar-refractivity contribution in [1.29, 1.82) is 0 Å². The van der Waals surface area contributed by atoms with Crippen molar-refractivity contribution in [2.45, 2.75) is 64.1 Å². The zero-order valence-corrected chi connectivity index (χ0v) is 15.0. The van der Waals surface area contributed by atoms with Gasteiger partial charge in [-0.15, -0.1) is 0 Å². The second-order valence-electron chi connectivity index (χ2n) is 7.53. The molecule has 4 atom stereocenters. The summed E-state index contributed by atoms with van der Waals surface area (Å²) in [5, 5.41) is 14.2. The first-order valence-electron chi connectivity index (χ1n) is 9.15. The Kier molecular flexibility index (Phi) is 4.33. The van der Waals surface area contributed by atoms with Gasteiger partial charge in [-0.2, -0.15) is 10.1 Å². The Morgan fingerprint density at radius 2 is 2.12 bits per heavy atom. The fourth-order valence-corrected chi connectivity index (χ4v) is 3.81. The zero-order valence-electron chi connectivity index (χ0n) is 15.0. The van der Waals surface area contributed by atoms with E-state index in [-0.39, 0.29) is 6.10 Å². The van der Waals surface area contributed by atoms with Crippen molar-refractivity contribution in [3.05, 3.63) is 24.2 Å². The van der Waals surface area contributed by atoms with Crippen LogP contribution in [-0.2, 0) is 0 Å². The number of ether oxygens (including phenoxy) is 1. The quantitative estimate of drug-likeness (QED) is 0.774. The minimum Gasteiger partial charge on any atom is -0.473 e. The molecule has 0 spiro atoms. The Labute approximate surface area is 148 Å². The smallest absolute Gasteiger partial charge is 0.234 e. The lowest BCUT2D eigenvalue weighted by atomic mass is 9.91. The Morgan fingerprint density at radius 3 is 2.92 bits per heavy atom. The van der Waals surface area contributed by atoms with Gasteiger partial charge < -0.3 is 15.4 Å². The molecule has 2 bridgehead atoms. The van der Waals surface area contributed by atoms with Crippen LogP contribution >= 0.6 is 0 Å². The van der Waals surface area contributed by atoms with Crippen LogP contribution in [0.3, 0.4) is 0 Å². The van der Waals surface area contributed by atoms with Crippen LogP contribution in [0.1, 0.15) is 51.6 Å². The molecular weight excluding hydrogens is 316 g/mol. The third-order valence-electron chi connectivity index (χ3n) is 5.37. The highest BCUT2D eigenvalue weighted by atomic mass is 16.5. The van der Waals surface area contributed by atoms with Gasteiger partial charge in [-0.1, -0.05) is 20.8 Å². The van der Waals surface area contributed by atoms with Gasteiger partial charge >= 0.3 is 0 Å². The molecule has 7 heteroatoms. The van der Waals surface area contributed by atoms with Crippen LogP contribution in [0.4, 0.5) is 11.6 Å². The number of piperidine rings is 1. The van der Waals surface area contributed by atoms with Gasteiger partial charge in [0.25, 0.3) is 0 Å². The second-order valence-corrected chi connectivity index (χ2v) is 7.53. The highest BCUT2D eigenvalue weighted by Crippen LogP contribution is 2.33. The highest BCUT2D eigenvalue weighted by Gasteiger charge is 2.40. The maximum Gasteiger partial charge on any atom is 0.234 e. The maximum atomic E-state index is 6.19. The molecule has 0 aliphatic carbocycles. The summed E-state index contributed by atoms with van der Waals surface area (Å²) in [6, 6.07) is 3.14. The lowest BCUT2D eigenvalue weighted by Crippen LogP contribution is -2.49. The topological polar surface area (TPSA) is 87.8 Å². The molecule has 4 rings (SSSR count). The number of nitrogens with one attached hydrogen (secondary N) is 3. The summed E-state index contributed by atoms with van der Waals surface area (Å²) < 4.78 is 6.19. The number of H-pyrrole nitrogens is 1. The standard InChI is InChI=1S/C18H26N6O/c1-10(2)14-7-16(24-23-14)21-17-8-19-9-18(22-17)25-15-6-12-4-5-13(20-12)11(15)3/h7-13,15,20H,4-6H2,1-3H3,(H2,21,22,23,24)/t11-,12+,13-,15+/m1/s1. The molecule has 0 radical (unpaired) electrons. The summed E-state index contributed by atoms with van der Waals surface area (Å²) in [7, 11) is 0. The lowest BCUT2D eigenvalue weighted by Gasteiger charge is -2.35. The number of anilines is 2. The number of hydrogen-bond acceptors (Lipinski definition) is 6. The predicted molar refractivity (Wildman–Crippen MR) is 96.1 cm³/mol. The third kappa shape index (κ3) is 3.46. The Bertz CT molecular complexity index is 730. The molecule has 2 saturated heterocycles. The normalized spacial score (nSPS) is 28.3. The van der Waals surface area contributed by atoms with Gasteiger partial charge in [0.1, 0.15) is 6.10 Å². The fourth-order valence-electron chi connectivity index (χ4n) is 3.81. The van der Waals surface area contributed by atoms with Crippen molar-refractivity contribution in [3.8, 4) is 5.88 Å². The molecule has 0 amide bonds. The van der Waals surface area contributed by atoms with E-state index in [4.69, 9.17) is 4.74 Å². The molecule has 4 heterocycles. The molecular formula is C18H26N6O. The second kappa shape index (κ2) is 6.63. The van der Waals surface area contributed by atoms with E-state index in [9.17, 15) is 0 Å². The lowest BCUT2D eigenvalue weighted by molar-refractivity contribution is 0.0788. The Balaban J connectivity index is 1.44. The third-order valence-corrected chi connectivity index (χ3v) is 5.37. The van der Waals surface area contributed by atoms with Crippen molar-refractivity contribution in [3.63, 3.8) is 0 Å². The molecule has 0 aromatic carbocycles. The molecule has 2 fully saturated rings. The van der Waals surface area contributed by atoms with Crippen molar-refractivity contribution >= 4 is 11.6 Å². The van der Waals surface area contributed by atoms with Gasteiger partial charge in [0.15, 0.2) is 11.6 Å². The summed E-state index contributed by atoms with van der Waals surface area (Å²) >= 11 is 0. The number of nitrogens with zero attached hydrogens (tertiary/aromatic N) is 3. The van der Waals surface area contributed by atoms with Crippen LogP contribution in [0.25, 0.3) is 0 Å². The molecule has 7 nitrogen and oxygen atoms in total. The average molecular weight is 342 g/mol. The Morgan fingerprint density at radius 1 is 1.24 bits per heavy atom. The summed E-state index contributed by atoms with van der Waals surface area (Å²) in [5.74, 6) is 2.84. The van der Waals surface area contributed by atoms with E-state index in [2.05, 4.69) is 51.6 Å². The number of hydrogen-bond donors (Lipinski definition) is 3. The molecule has 2 aliphatic heterocycles. The maximum absolute atomic E-state index is 6.19. The van der Waals surface area contributed by atoms with Crippen LogP contribution in [0, 0.1) is 5.92 Å². The van der Waals surface area contributed by atoms with Crippen molar-refractivity contribution in [1.82, 2.24) is 25.5 Å². The Hall–Kier alpha value is -2.15. The number of rotatable bonds is 5. The van der Waals surface area contributed by atoms with Crippen LogP contribution in [0.15, 0.2) is 18.5 Å². The van der Waals surface area contributed by atoms with Gasteiger partial charge in [0, 0.05) is 29.8 Å². The molecule has 3 N–H and O–H groups in total. The van der Waals surface area contributed by atoms with E-state index in [1.165, 1.54) is 12.8 Å². The largest absolute Gasteiger partial charge is 0.473 e. The number of fused-ring (bicyclic) bond motifs is 2. The van der Waals surface area contributed by atoms with E-state index >= 15 is 0 Å². The summed E-state index contributed by atoms with van der Waals surface area (Å²) in [6.07, 6.45) is 7.10. The van der Waals surface area contributed by atoms with Crippen molar-refractivity contribution in [2.75, 3.05) is 5.32 Å². The molecule has 134 valence electrons. The molecule has 0 saturated carbocycles. The van der Waals surface area contributed by atoms with E-state index in [1.54, 1.807) is 12.4 Å². The minimum atomic E-state index is 0.196. The van der Waals surface area contributed by atoms with Crippen LogP contribution in [0.5, 0.6) is 5.88 Å². The van der Waals surface area contributed by atoms with E-state index in [0.29, 0.717) is 35.6 Å². The van der Waals surface area contributed by atoms with Gasteiger partial charge in [-0.3, -0.25) is 10.1 Å². The molecule has 0 unspecified atom stereocenters. The minimum absolute atomic E-state index is 0.196. The highest BCUT2D eigenvalue weighted by molar-refractivity contribution is 5.51. The molecule has 25 heavy (non-hydrogen) atoms. The monoisotopic (exact) mass is 342 g/mol. The van der Waals surface area contributed by atoms with Crippen LogP contribution in [-0.4, -0.2) is 38.4 Å². The molecule has 2 aliphatic rings. The van der Waals surface area contributed by atoms with Gasteiger partial charge in [0.2, 0.25) is 5.88 Å².